The number of nitrogens with one attached hydrogen (secondary N) is 1. The normalized spacial score (nSPS) is 12.4. The Kier molecular flexibility index (Phi) is 3.43. The summed E-state index contributed by atoms with van der Waals surface area (Å²) in [4.78, 5) is 7.84. The molecule has 2 aromatic rings. The molecule has 0 fully saturated rings. The van der Waals surface area contributed by atoms with Gasteiger partial charge in [-0.2, -0.15) is 5.10 Å². The summed E-state index contributed by atoms with van der Waals surface area (Å²) in [6, 6.07) is 2.01. The summed E-state index contributed by atoms with van der Waals surface area (Å²) in [7, 11) is 0. The van der Waals surface area contributed by atoms with Crippen molar-refractivity contribution in [2.24, 2.45) is 0 Å². The van der Waals surface area contributed by atoms with Crippen molar-refractivity contribution in [2.75, 3.05) is 11.1 Å². The fourth-order valence-corrected chi connectivity index (χ4v) is 1.59. The molecule has 0 saturated carbocycles. The molecular weight excluding hydrogens is 240 g/mol. The third-order valence-corrected chi connectivity index (χ3v) is 2.54. The first kappa shape index (κ1) is 11.7. The first-order valence-corrected chi connectivity index (χ1v) is 5.54. The number of hydrogen-bond donors (Lipinski definition) is 2. The summed E-state index contributed by atoms with van der Waals surface area (Å²) >= 11 is 5.81. The summed E-state index contributed by atoms with van der Waals surface area (Å²) in [5, 5.41) is 7.55. The minimum atomic E-state index is 0.128. The molecule has 0 spiro atoms. The molecular formula is C10H13ClN6. The largest absolute Gasteiger partial charge is 0.393 e. The lowest BCUT2D eigenvalue weighted by Gasteiger charge is -2.15. The van der Waals surface area contributed by atoms with E-state index in [0.29, 0.717) is 18.1 Å². The molecule has 2 heterocycles. The zero-order valence-corrected chi connectivity index (χ0v) is 10.1. The van der Waals surface area contributed by atoms with Crippen LogP contribution in [0.3, 0.4) is 0 Å². The Hall–Kier alpha value is -1.82. The van der Waals surface area contributed by atoms with Crippen LogP contribution in [-0.2, 0) is 6.54 Å². The van der Waals surface area contributed by atoms with Gasteiger partial charge in [-0.15, -0.1) is 0 Å². The predicted octanol–water partition coefficient (Wildman–Crippen LogP) is 1.41. The average molecular weight is 253 g/mol. The third-order valence-electron chi connectivity index (χ3n) is 2.24. The lowest BCUT2D eigenvalue weighted by atomic mass is 10.3. The maximum atomic E-state index is 5.81. The number of nitrogens with two attached hydrogens (primary N) is 1. The van der Waals surface area contributed by atoms with E-state index in [1.807, 2.05) is 23.9 Å². The number of nitrogen functional groups attached to an aromatic ring is 1. The molecule has 0 aromatic carbocycles. The van der Waals surface area contributed by atoms with Gasteiger partial charge in [-0.1, -0.05) is 11.6 Å². The van der Waals surface area contributed by atoms with Crippen LogP contribution in [-0.4, -0.2) is 25.8 Å². The van der Waals surface area contributed by atoms with Gasteiger partial charge < -0.3 is 11.1 Å². The Bertz CT molecular complexity index is 484. The van der Waals surface area contributed by atoms with Gasteiger partial charge in [-0.25, -0.2) is 9.97 Å². The predicted molar refractivity (Wildman–Crippen MR) is 66.8 cm³/mol. The maximum absolute atomic E-state index is 5.81. The molecule has 6 nitrogen and oxygen atoms in total. The Morgan fingerprint density at radius 1 is 1.53 bits per heavy atom. The van der Waals surface area contributed by atoms with E-state index in [0.717, 1.165) is 0 Å². The molecule has 7 heteroatoms. The van der Waals surface area contributed by atoms with Crippen LogP contribution in [0.1, 0.15) is 6.92 Å². The zero-order valence-electron chi connectivity index (χ0n) is 9.34. The maximum Gasteiger partial charge on any atom is 0.157 e. The SMILES string of the molecule is CC(Cn1cccn1)Nc1ncnc(Cl)c1N. The fraction of sp³-hybridized carbons (Fsp3) is 0.300. The lowest BCUT2D eigenvalue weighted by molar-refractivity contribution is 0.560. The van der Waals surface area contributed by atoms with E-state index < -0.39 is 0 Å². The summed E-state index contributed by atoms with van der Waals surface area (Å²) in [6.07, 6.45) is 5.01. The lowest BCUT2D eigenvalue weighted by Crippen LogP contribution is -2.23. The highest BCUT2D eigenvalue weighted by atomic mass is 35.5. The topological polar surface area (TPSA) is 81.7 Å². The zero-order chi connectivity index (χ0) is 12.3. The highest BCUT2D eigenvalue weighted by Gasteiger charge is 2.09. The molecule has 0 amide bonds. The molecule has 1 atom stereocenters. The molecule has 17 heavy (non-hydrogen) atoms. The third kappa shape index (κ3) is 2.85. The smallest absolute Gasteiger partial charge is 0.157 e. The van der Waals surface area contributed by atoms with Crippen LogP contribution < -0.4 is 11.1 Å². The second kappa shape index (κ2) is 5.01. The van der Waals surface area contributed by atoms with Crippen LogP contribution in [0, 0.1) is 0 Å². The van der Waals surface area contributed by atoms with E-state index in [4.69, 9.17) is 17.3 Å². The highest BCUT2D eigenvalue weighted by molar-refractivity contribution is 6.32. The molecule has 0 aliphatic carbocycles. The molecule has 2 aromatic heterocycles. The molecule has 90 valence electrons. The van der Waals surface area contributed by atoms with Gasteiger partial charge in [0.25, 0.3) is 0 Å². The van der Waals surface area contributed by atoms with Crippen molar-refractivity contribution in [3.63, 3.8) is 0 Å². The van der Waals surface area contributed by atoms with Gasteiger partial charge in [0.2, 0.25) is 0 Å². The van der Waals surface area contributed by atoms with E-state index >= 15 is 0 Å². The van der Waals surface area contributed by atoms with Crippen molar-refractivity contribution in [2.45, 2.75) is 19.5 Å². The quantitative estimate of drug-likeness (QED) is 0.804. The summed E-state index contributed by atoms with van der Waals surface area (Å²) in [6.45, 7) is 2.73. The number of halogens is 1. The number of aromatic nitrogens is 4. The van der Waals surface area contributed by atoms with Gasteiger partial charge in [-0.05, 0) is 13.0 Å². The van der Waals surface area contributed by atoms with Gasteiger partial charge in [0, 0.05) is 18.4 Å². The van der Waals surface area contributed by atoms with Crippen LogP contribution >= 0.6 is 11.6 Å². The van der Waals surface area contributed by atoms with Crippen molar-refractivity contribution in [3.05, 3.63) is 29.9 Å². The van der Waals surface area contributed by atoms with Crippen molar-refractivity contribution in [1.82, 2.24) is 19.7 Å². The second-order valence-corrected chi connectivity index (χ2v) is 4.06. The van der Waals surface area contributed by atoms with Crippen molar-refractivity contribution in [1.29, 1.82) is 0 Å². The highest BCUT2D eigenvalue weighted by Crippen LogP contribution is 2.22. The first-order valence-electron chi connectivity index (χ1n) is 5.16. The van der Waals surface area contributed by atoms with E-state index in [9.17, 15) is 0 Å². The Labute approximate surface area is 104 Å². The summed E-state index contributed by atoms with van der Waals surface area (Å²) in [5.41, 5.74) is 6.12. The second-order valence-electron chi connectivity index (χ2n) is 3.70. The van der Waals surface area contributed by atoms with E-state index in [2.05, 4.69) is 20.4 Å². The molecule has 0 aliphatic heterocycles. The van der Waals surface area contributed by atoms with E-state index in [1.54, 1.807) is 6.20 Å². The van der Waals surface area contributed by atoms with Crippen LogP contribution in [0.5, 0.6) is 0 Å². The van der Waals surface area contributed by atoms with E-state index in [1.165, 1.54) is 6.33 Å². The van der Waals surface area contributed by atoms with Gasteiger partial charge in [0.15, 0.2) is 11.0 Å². The van der Waals surface area contributed by atoms with Crippen LogP contribution in [0.25, 0.3) is 0 Å². The standard InChI is InChI=1S/C10H13ClN6/c1-7(5-17-4-2-3-15-17)16-10-8(12)9(11)13-6-14-10/h2-4,6-7H,5,12H2,1H3,(H,13,14,16). The summed E-state index contributed by atoms with van der Waals surface area (Å²) in [5.74, 6) is 0.546. The van der Waals surface area contributed by atoms with Crippen molar-refractivity contribution >= 4 is 23.1 Å². The van der Waals surface area contributed by atoms with Crippen LogP contribution in [0.2, 0.25) is 5.15 Å². The average Bonchev–Trinajstić information content (AvgIpc) is 2.77. The first-order chi connectivity index (χ1) is 8.16. The number of rotatable bonds is 4. The molecule has 1 unspecified atom stereocenters. The minimum absolute atomic E-state index is 0.128. The monoisotopic (exact) mass is 252 g/mol. The molecule has 0 saturated heterocycles. The van der Waals surface area contributed by atoms with Gasteiger partial charge in [0.05, 0.1) is 6.54 Å². The van der Waals surface area contributed by atoms with E-state index in [-0.39, 0.29) is 11.2 Å². The van der Waals surface area contributed by atoms with Crippen molar-refractivity contribution < 1.29 is 0 Å². The molecule has 0 radical (unpaired) electrons. The summed E-state index contributed by atoms with van der Waals surface area (Å²) < 4.78 is 1.83. The minimum Gasteiger partial charge on any atom is -0.393 e. The number of hydrogen-bond acceptors (Lipinski definition) is 5. The van der Waals surface area contributed by atoms with Crippen LogP contribution in [0.15, 0.2) is 24.8 Å². The number of anilines is 2. The van der Waals surface area contributed by atoms with Gasteiger partial charge in [-0.3, -0.25) is 4.68 Å². The number of nitrogens with zero attached hydrogens (tertiary/aromatic N) is 4. The molecule has 2 rings (SSSR count). The van der Waals surface area contributed by atoms with Gasteiger partial charge >= 0.3 is 0 Å². The Balaban J connectivity index is 2.03. The Morgan fingerprint density at radius 3 is 3.06 bits per heavy atom. The Morgan fingerprint density at radius 2 is 2.35 bits per heavy atom. The molecule has 0 aliphatic rings. The molecule has 3 N–H and O–H groups in total. The van der Waals surface area contributed by atoms with Crippen molar-refractivity contribution in [3.8, 4) is 0 Å². The van der Waals surface area contributed by atoms with Gasteiger partial charge in [0.1, 0.15) is 12.0 Å². The molecule has 0 bridgehead atoms. The fourth-order valence-electron chi connectivity index (χ4n) is 1.46. The van der Waals surface area contributed by atoms with Crippen LogP contribution in [0.4, 0.5) is 11.5 Å².